The number of rotatable bonds is 3. The Morgan fingerprint density at radius 1 is 1.00 bits per heavy atom. The molecule has 4 aromatic rings. The number of hydrogen-bond acceptors (Lipinski definition) is 6. The van der Waals surface area contributed by atoms with Crippen molar-refractivity contribution in [2.75, 3.05) is 11.1 Å². The molecule has 3 N–H and O–H groups in total. The van der Waals surface area contributed by atoms with Gasteiger partial charge < -0.3 is 11.1 Å². The van der Waals surface area contributed by atoms with Gasteiger partial charge in [0.25, 0.3) is 0 Å². The van der Waals surface area contributed by atoms with Gasteiger partial charge in [-0.2, -0.15) is 4.98 Å². The van der Waals surface area contributed by atoms with Gasteiger partial charge in [-0.15, -0.1) is 11.3 Å². The number of nitrogens with one attached hydrogen (secondary N) is 1. The van der Waals surface area contributed by atoms with E-state index in [-0.39, 0.29) is 5.95 Å². The van der Waals surface area contributed by atoms with Crippen molar-refractivity contribution in [3.05, 3.63) is 58.7 Å². The average molecular weight is 361 g/mol. The van der Waals surface area contributed by atoms with Crippen LogP contribution in [-0.4, -0.2) is 15.0 Å². The van der Waals surface area contributed by atoms with E-state index in [1.54, 1.807) is 17.5 Å². The summed E-state index contributed by atoms with van der Waals surface area (Å²) in [5.41, 5.74) is 15.3. The minimum Gasteiger partial charge on any atom is -0.368 e. The first kappa shape index (κ1) is 16.5. The number of benzene rings is 2. The number of fused-ring (bicyclic) bond motifs is 1. The van der Waals surface area contributed by atoms with Gasteiger partial charge in [-0.1, -0.05) is 23.8 Å². The van der Waals surface area contributed by atoms with Gasteiger partial charge in [0, 0.05) is 17.4 Å². The lowest BCUT2D eigenvalue weighted by Crippen LogP contribution is -2.04. The van der Waals surface area contributed by atoms with Crippen molar-refractivity contribution in [2.24, 2.45) is 0 Å². The molecule has 0 radical (unpaired) electrons. The Bertz CT molecular complexity index is 1090. The van der Waals surface area contributed by atoms with Crippen LogP contribution in [0.1, 0.15) is 16.7 Å². The maximum atomic E-state index is 5.86. The number of nitrogens with zero attached hydrogens (tertiary/aromatic N) is 3. The van der Waals surface area contributed by atoms with Crippen molar-refractivity contribution in [1.82, 2.24) is 15.0 Å². The normalized spacial score (nSPS) is 11.0. The number of aryl methyl sites for hydroxylation is 3. The number of anilines is 3. The van der Waals surface area contributed by atoms with Crippen LogP contribution in [0.25, 0.3) is 21.3 Å². The highest BCUT2D eigenvalue weighted by Crippen LogP contribution is 2.33. The molecular weight excluding hydrogens is 342 g/mol. The van der Waals surface area contributed by atoms with E-state index >= 15 is 0 Å². The summed E-state index contributed by atoms with van der Waals surface area (Å²) in [5, 5.41) is 3.47. The van der Waals surface area contributed by atoms with Crippen molar-refractivity contribution in [2.45, 2.75) is 20.8 Å². The minimum absolute atomic E-state index is 0.248. The van der Waals surface area contributed by atoms with Crippen molar-refractivity contribution < 1.29 is 0 Å². The fourth-order valence-corrected chi connectivity index (χ4v) is 3.94. The number of hydrogen-bond donors (Lipinski definition) is 2. The molecule has 0 amide bonds. The summed E-state index contributed by atoms with van der Waals surface area (Å²) in [6.45, 7) is 6.29. The lowest BCUT2D eigenvalue weighted by atomic mass is 10.0. The van der Waals surface area contributed by atoms with Gasteiger partial charge in [0.2, 0.25) is 5.95 Å². The highest BCUT2D eigenvalue weighted by atomic mass is 32.1. The monoisotopic (exact) mass is 361 g/mol. The van der Waals surface area contributed by atoms with Crippen LogP contribution >= 0.6 is 11.3 Å². The third-order valence-electron chi connectivity index (χ3n) is 4.37. The zero-order valence-corrected chi connectivity index (χ0v) is 15.7. The molecule has 5 nitrogen and oxygen atoms in total. The molecule has 0 saturated carbocycles. The molecule has 0 aliphatic rings. The van der Waals surface area contributed by atoms with Crippen molar-refractivity contribution in [1.29, 1.82) is 0 Å². The van der Waals surface area contributed by atoms with E-state index < -0.39 is 0 Å². The molecule has 0 spiro atoms. The van der Waals surface area contributed by atoms with Gasteiger partial charge >= 0.3 is 0 Å². The van der Waals surface area contributed by atoms with Crippen LogP contribution in [0.3, 0.4) is 0 Å². The highest BCUT2D eigenvalue weighted by Gasteiger charge is 2.13. The number of nitrogen functional groups attached to an aromatic ring is 1. The van der Waals surface area contributed by atoms with Crippen LogP contribution in [0.2, 0.25) is 0 Å². The second kappa shape index (κ2) is 6.38. The molecule has 0 aliphatic heterocycles. The van der Waals surface area contributed by atoms with Crippen LogP contribution in [0.5, 0.6) is 0 Å². The van der Waals surface area contributed by atoms with E-state index in [2.05, 4.69) is 59.2 Å². The van der Waals surface area contributed by atoms with E-state index in [1.807, 2.05) is 17.6 Å². The molecule has 0 saturated heterocycles. The predicted molar refractivity (Wildman–Crippen MR) is 109 cm³/mol. The average Bonchev–Trinajstić information content (AvgIpc) is 3.06. The Morgan fingerprint density at radius 3 is 2.54 bits per heavy atom. The fourth-order valence-electron chi connectivity index (χ4n) is 3.22. The topological polar surface area (TPSA) is 76.7 Å². The first-order valence-electron chi connectivity index (χ1n) is 8.32. The molecule has 0 fully saturated rings. The molecule has 2 aromatic carbocycles. The predicted octanol–water partition coefficient (Wildman–Crippen LogP) is 5.00. The molecular formula is C20H19N5S. The first-order valence-corrected chi connectivity index (χ1v) is 9.20. The second-order valence-corrected chi connectivity index (χ2v) is 7.31. The standard InChI is InChI=1S/C20H19N5S/c1-11-6-12(2)18(13(3)7-11)24-19-15(9-22-20(21)25-19)14-4-5-16-17(8-14)26-10-23-16/h4-10H,1-3H3,(H3,21,22,24,25). The molecule has 26 heavy (non-hydrogen) atoms. The van der Waals surface area contributed by atoms with Gasteiger partial charge in [-0.05, 0) is 49.6 Å². The molecule has 0 bridgehead atoms. The zero-order valence-electron chi connectivity index (χ0n) is 14.9. The van der Waals surface area contributed by atoms with Gasteiger partial charge in [-0.25, -0.2) is 9.97 Å². The number of thiazole rings is 1. The summed E-state index contributed by atoms with van der Waals surface area (Å²) in [5.74, 6) is 0.953. The molecule has 0 unspecified atom stereocenters. The zero-order chi connectivity index (χ0) is 18.3. The Kier molecular flexibility index (Phi) is 4.05. The summed E-state index contributed by atoms with van der Waals surface area (Å²) in [4.78, 5) is 13.0. The Morgan fingerprint density at radius 2 is 1.77 bits per heavy atom. The smallest absolute Gasteiger partial charge is 0.221 e. The van der Waals surface area contributed by atoms with E-state index in [0.29, 0.717) is 5.82 Å². The molecule has 130 valence electrons. The van der Waals surface area contributed by atoms with Gasteiger partial charge in [0.15, 0.2) is 0 Å². The Balaban J connectivity index is 1.83. The Labute approximate surface area is 156 Å². The summed E-state index contributed by atoms with van der Waals surface area (Å²) in [6.07, 6.45) is 1.77. The number of aromatic nitrogens is 3. The Hall–Kier alpha value is -2.99. The van der Waals surface area contributed by atoms with Crippen LogP contribution in [-0.2, 0) is 0 Å². The van der Waals surface area contributed by atoms with Crippen LogP contribution in [0.4, 0.5) is 17.5 Å². The molecule has 0 aliphatic carbocycles. The van der Waals surface area contributed by atoms with E-state index in [9.17, 15) is 0 Å². The summed E-state index contributed by atoms with van der Waals surface area (Å²) < 4.78 is 1.13. The second-order valence-electron chi connectivity index (χ2n) is 6.42. The van der Waals surface area contributed by atoms with E-state index in [4.69, 9.17) is 5.73 Å². The van der Waals surface area contributed by atoms with Gasteiger partial charge in [-0.3, -0.25) is 0 Å². The maximum absolute atomic E-state index is 5.86. The van der Waals surface area contributed by atoms with Crippen LogP contribution in [0.15, 0.2) is 42.0 Å². The quantitative estimate of drug-likeness (QED) is 0.537. The fraction of sp³-hybridized carbons (Fsp3) is 0.150. The largest absolute Gasteiger partial charge is 0.368 e. The summed E-state index contributed by atoms with van der Waals surface area (Å²) >= 11 is 1.62. The third-order valence-corrected chi connectivity index (χ3v) is 5.16. The minimum atomic E-state index is 0.248. The van der Waals surface area contributed by atoms with Gasteiger partial charge in [0.1, 0.15) is 5.82 Å². The van der Waals surface area contributed by atoms with E-state index in [1.165, 1.54) is 16.7 Å². The third kappa shape index (κ3) is 2.99. The van der Waals surface area contributed by atoms with Gasteiger partial charge in [0.05, 0.1) is 15.7 Å². The van der Waals surface area contributed by atoms with Crippen LogP contribution in [0, 0.1) is 20.8 Å². The van der Waals surface area contributed by atoms with Crippen LogP contribution < -0.4 is 11.1 Å². The van der Waals surface area contributed by atoms with Crippen molar-refractivity contribution in [3.8, 4) is 11.1 Å². The maximum Gasteiger partial charge on any atom is 0.221 e. The first-order chi connectivity index (χ1) is 12.5. The van der Waals surface area contributed by atoms with Crippen molar-refractivity contribution in [3.63, 3.8) is 0 Å². The van der Waals surface area contributed by atoms with Crippen molar-refractivity contribution >= 4 is 39.0 Å². The molecule has 4 rings (SSSR count). The molecule has 6 heteroatoms. The highest BCUT2D eigenvalue weighted by molar-refractivity contribution is 7.16. The van der Waals surface area contributed by atoms with E-state index in [0.717, 1.165) is 27.0 Å². The lowest BCUT2D eigenvalue weighted by Gasteiger charge is -2.16. The lowest BCUT2D eigenvalue weighted by molar-refractivity contribution is 1.18. The SMILES string of the molecule is Cc1cc(C)c(Nc2nc(N)ncc2-c2ccc3ncsc3c2)c(C)c1. The molecule has 2 heterocycles. The number of nitrogens with two attached hydrogens (primary N) is 1. The summed E-state index contributed by atoms with van der Waals surface area (Å²) in [7, 11) is 0. The molecule has 2 aromatic heterocycles. The summed E-state index contributed by atoms with van der Waals surface area (Å²) in [6, 6.07) is 10.5. The molecule has 0 atom stereocenters.